The van der Waals surface area contributed by atoms with E-state index in [0.717, 1.165) is 30.5 Å². The molecule has 0 N–H and O–H groups in total. The van der Waals surface area contributed by atoms with Crippen molar-refractivity contribution < 1.29 is 26.3 Å². The topological polar surface area (TPSA) is 56.0 Å². The van der Waals surface area contributed by atoms with Crippen molar-refractivity contribution in [3.63, 3.8) is 0 Å². The SMILES string of the molecule is FC(F)(F)c1ccc(-c2cc(C(F)(F)F)n3ncc(C#Cc4ccnc(Cl)n4)c3n2)cc1. The fraction of sp³-hybridized carbons (Fsp3) is 0.100. The van der Waals surface area contributed by atoms with Gasteiger partial charge in [-0.15, -0.1) is 0 Å². The van der Waals surface area contributed by atoms with Crippen LogP contribution in [0.2, 0.25) is 5.28 Å². The van der Waals surface area contributed by atoms with Crippen LogP contribution in [0.15, 0.2) is 48.8 Å². The lowest BCUT2D eigenvalue weighted by atomic mass is 10.1. The van der Waals surface area contributed by atoms with Gasteiger partial charge in [0.1, 0.15) is 5.69 Å². The van der Waals surface area contributed by atoms with E-state index in [-0.39, 0.29) is 33.4 Å². The van der Waals surface area contributed by atoms with Gasteiger partial charge >= 0.3 is 12.4 Å². The van der Waals surface area contributed by atoms with Crippen molar-refractivity contribution in [3.05, 3.63) is 76.6 Å². The smallest absolute Gasteiger partial charge is 0.227 e. The number of fused-ring (bicyclic) bond motifs is 1. The highest BCUT2D eigenvalue weighted by molar-refractivity contribution is 6.28. The van der Waals surface area contributed by atoms with Gasteiger partial charge in [0.2, 0.25) is 5.28 Å². The predicted molar refractivity (Wildman–Crippen MR) is 101 cm³/mol. The highest BCUT2D eigenvalue weighted by atomic mass is 35.5. The first-order valence-corrected chi connectivity index (χ1v) is 9.04. The molecule has 0 aliphatic rings. The number of benzene rings is 1. The molecule has 3 heterocycles. The van der Waals surface area contributed by atoms with Gasteiger partial charge in [-0.1, -0.05) is 18.1 Å². The van der Waals surface area contributed by atoms with Crippen LogP contribution in [-0.4, -0.2) is 24.6 Å². The van der Waals surface area contributed by atoms with Crippen LogP contribution in [0.5, 0.6) is 0 Å². The minimum atomic E-state index is -4.81. The van der Waals surface area contributed by atoms with E-state index in [1.54, 1.807) is 0 Å². The molecule has 0 unspecified atom stereocenters. The molecule has 0 atom stereocenters. The summed E-state index contributed by atoms with van der Waals surface area (Å²) in [5.74, 6) is 5.27. The van der Waals surface area contributed by atoms with E-state index < -0.39 is 23.6 Å². The van der Waals surface area contributed by atoms with Crippen LogP contribution in [0.4, 0.5) is 26.3 Å². The molecular weight excluding hydrogens is 460 g/mol. The molecule has 12 heteroatoms. The highest BCUT2D eigenvalue weighted by Crippen LogP contribution is 2.34. The molecule has 32 heavy (non-hydrogen) atoms. The average molecular weight is 468 g/mol. The van der Waals surface area contributed by atoms with Crippen LogP contribution in [-0.2, 0) is 12.4 Å². The Hall–Kier alpha value is -3.65. The zero-order valence-corrected chi connectivity index (χ0v) is 16.3. The van der Waals surface area contributed by atoms with Crippen LogP contribution >= 0.6 is 11.6 Å². The molecule has 0 saturated carbocycles. The van der Waals surface area contributed by atoms with Gasteiger partial charge in [0.25, 0.3) is 0 Å². The van der Waals surface area contributed by atoms with Gasteiger partial charge in [-0.3, -0.25) is 0 Å². The largest absolute Gasteiger partial charge is 0.433 e. The summed E-state index contributed by atoms with van der Waals surface area (Å²) >= 11 is 5.69. The van der Waals surface area contributed by atoms with E-state index in [1.807, 2.05) is 0 Å². The molecule has 1 aromatic carbocycles. The predicted octanol–water partition coefficient (Wildman–Crippen LogP) is 5.28. The number of hydrogen-bond donors (Lipinski definition) is 0. The van der Waals surface area contributed by atoms with E-state index >= 15 is 0 Å². The maximum atomic E-state index is 13.6. The lowest BCUT2D eigenvalue weighted by Gasteiger charge is -2.12. The fourth-order valence-corrected chi connectivity index (χ4v) is 2.91. The average Bonchev–Trinajstić information content (AvgIpc) is 3.13. The monoisotopic (exact) mass is 467 g/mol. The number of rotatable bonds is 1. The second-order valence-corrected chi connectivity index (χ2v) is 6.69. The van der Waals surface area contributed by atoms with E-state index in [4.69, 9.17) is 11.6 Å². The molecule has 3 aromatic heterocycles. The van der Waals surface area contributed by atoms with Crippen molar-refractivity contribution in [2.75, 3.05) is 0 Å². The van der Waals surface area contributed by atoms with Crippen LogP contribution in [0.25, 0.3) is 16.9 Å². The van der Waals surface area contributed by atoms with Gasteiger partial charge in [0.05, 0.1) is 23.0 Å². The Labute approximate surface area is 180 Å². The molecule has 5 nitrogen and oxygen atoms in total. The summed E-state index contributed by atoms with van der Waals surface area (Å²) in [7, 11) is 0. The van der Waals surface area contributed by atoms with Crippen LogP contribution < -0.4 is 0 Å². The molecule has 0 aliphatic carbocycles. The zero-order valence-electron chi connectivity index (χ0n) is 15.5. The molecule has 0 bridgehead atoms. The minimum Gasteiger partial charge on any atom is -0.227 e. The standard InChI is InChI=1S/C20H8ClF6N5/c21-18-28-8-7-14(30-18)6-3-12-10-29-32-16(20(25,26)27)9-15(31-17(12)32)11-1-4-13(5-2-11)19(22,23)24/h1-2,4-5,7-10H. The maximum Gasteiger partial charge on any atom is 0.433 e. The van der Waals surface area contributed by atoms with Gasteiger partial charge < -0.3 is 0 Å². The number of nitrogens with zero attached hydrogens (tertiary/aromatic N) is 5. The number of alkyl halides is 6. The Morgan fingerprint density at radius 3 is 2.22 bits per heavy atom. The van der Waals surface area contributed by atoms with Gasteiger partial charge in [-0.2, -0.15) is 31.4 Å². The second kappa shape index (κ2) is 7.80. The van der Waals surface area contributed by atoms with Crippen molar-refractivity contribution in [3.8, 4) is 23.1 Å². The molecule has 0 amide bonds. The Morgan fingerprint density at radius 2 is 1.59 bits per heavy atom. The van der Waals surface area contributed by atoms with E-state index in [0.29, 0.717) is 10.6 Å². The minimum absolute atomic E-state index is 0.0546. The van der Waals surface area contributed by atoms with Crippen LogP contribution in [0, 0.1) is 11.8 Å². The quantitative estimate of drug-likeness (QED) is 0.217. The fourth-order valence-electron chi connectivity index (χ4n) is 2.77. The van der Waals surface area contributed by atoms with Crippen molar-refractivity contribution in [2.45, 2.75) is 12.4 Å². The van der Waals surface area contributed by atoms with Gasteiger partial charge in [-0.25, -0.2) is 19.5 Å². The summed E-state index contributed by atoms with van der Waals surface area (Å²) in [5.41, 5.74) is -2.16. The van der Waals surface area contributed by atoms with Crippen molar-refractivity contribution in [1.29, 1.82) is 0 Å². The zero-order chi connectivity index (χ0) is 23.1. The summed E-state index contributed by atoms with van der Waals surface area (Å²) in [4.78, 5) is 11.7. The van der Waals surface area contributed by atoms with Crippen molar-refractivity contribution in [2.24, 2.45) is 0 Å². The molecule has 0 spiro atoms. The molecule has 0 saturated heterocycles. The molecule has 4 rings (SSSR count). The number of aromatic nitrogens is 5. The number of halogens is 7. The Morgan fingerprint density at radius 1 is 0.875 bits per heavy atom. The Balaban J connectivity index is 1.86. The third-order valence-electron chi connectivity index (χ3n) is 4.22. The second-order valence-electron chi connectivity index (χ2n) is 6.35. The highest BCUT2D eigenvalue weighted by Gasteiger charge is 2.36. The summed E-state index contributed by atoms with van der Waals surface area (Å²) < 4.78 is 79.9. The summed E-state index contributed by atoms with van der Waals surface area (Å²) in [6.07, 6.45) is -6.92. The van der Waals surface area contributed by atoms with Gasteiger partial charge in [0, 0.05) is 11.8 Å². The van der Waals surface area contributed by atoms with E-state index in [1.165, 1.54) is 12.3 Å². The number of hydrogen-bond acceptors (Lipinski definition) is 4. The van der Waals surface area contributed by atoms with Crippen molar-refractivity contribution >= 4 is 17.2 Å². The molecular formula is C20H8ClF6N5. The molecule has 162 valence electrons. The lowest BCUT2D eigenvalue weighted by Crippen LogP contribution is -2.13. The Bertz CT molecular complexity index is 1360. The first kappa shape index (κ1) is 21.6. The third-order valence-corrected chi connectivity index (χ3v) is 4.40. The molecule has 0 radical (unpaired) electrons. The van der Waals surface area contributed by atoms with Crippen LogP contribution in [0.1, 0.15) is 22.5 Å². The van der Waals surface area contributed by atoms with E-state index in [2.05, 4.69) is 31.9 Å². The molecule has 0 aliphatic heterocycles. The van der Waals surface area contributed by atoms with Gasteiger partial charge in [-0.05, 0) is 41.8 Å². The lowest BCUT2D eigenvalue weighted by molar-refractivity contribution is -0.142. The van der Waals surface area contributed by atoms with Crippen molar-refractivity contribution in [1.82, 2.24) is 24.6 Å². The van der Waals surface area contributed by atoms with Crippen LogP contribution in [0.3, 0.4) is 0 Å². The first-order valence-electron chi connectivity index (χ1n) is 8.66. The summed E-state index contributed by atoms with van der Waals surface area (Å²) in [6, 6.07) is 5.80. The summed E-state index contributed by atoms with van der Waals surface area (Å²) in [5, 5.41) is 3.66. The third kappa shape index (κ3) is 4.36. The molecule has 0 fully saturated rings. The van der Waals surface area contributed by atoms with E-state index in [9.17, 15) is 26.3 Å². The molecule has 4 aromatic rings. The first-order chi connectivity index (χ1) is 15.0. The maximum absolute atomic E-state index is 13.6. The Kier molecular flexibility index (Phi) is 5.26. The van der Waals surface area contributed by atoms with Gasteiger partial charge in [0.15, 0.2) is 11.3 Å². The normalized spacial score (nSPS) is 12.0. The summed E-state index contributed by atoms with van der Waals surface area (Å²) in [6.45, 7) is 0.